The number of urea groups is 1. The Labute approximate surface area is 155 Å². The Hall–Kier alpha value is -2.61. The number of imidazole rings is 1. The van der Waals surface area contributed by atoms with Crippen LogP contribution in [0.25, 0.3) is 0 Å². The van der Waals surface area contributed by atoms with Crippen LogP contribution in [0.5, 0.6) is 0 Å². The fourth-order valence-electron chi connectivity index (χ4n) is 3.33. The molecule has 1 aliphatic carbocycles. The van der Waals surface area contributed by atoms with E-state index < -0.39 is 6.04 Å². The fourth-order valence-corrected chi connectivity index (χ4v) is 3.99. The Balaban J connectivity index is 1.69. The van der Waals surface area contributed by atoms with E-state index in [-0.39, 0.29) is 18.0 Å². The molecule has 0 bridgehead atoms. The van der Waals surface area contributed by atoms with Crippen LogP contribution < -0.4 is 10.6 Å². The summed E-state index contributed by atoms with van der Waals surface area (Å²) in [4.78, 5) is 34.8. The Morgan fingerprint density at radius 3 is 2.81 bits per heavy atom. The van der Waals surface area contributed by atoms with Gasteiger partial charge < -0.3 is 20.5 Å². The van der Waals surface area contributed by atoms with Crippen molar-refractivity contribution in [3.8, 4) is 0 Å². The number of amides is 3. The molecular weight excluding hydrogens is 350 g/mol. The molecule has 26 heavy (non-hydrogen) atoms. The number of aromatic nitrogens is 2. The third-order valence-corrected chi connectivity index (χ3v) is 5.56. The second-order valence-corrected chi connectivity index (χ2v) is 7.56. The molecule has 4 rings (SSSR count). The normalized spacial score (nSPS) is 19.9. The number of carbonyl (C=O) groups excluding carboxylic acids is 2. The van der Waals surface area contributed by atoms with Crippen LogP contribution in [0, 0.1) is 6.92 Å². The number of hydrogen-bond acceptors (Lipinski definition) is 4. The van der Waals surface area contributed by atoms with Crippen LogP contribution in [-0.2, 0) is 11.3 Å². The van der Waals surface area contributed by atoms with Gasteiger partial charge in [-0.05, 0) is 49.1 Å². The number of carbonyl (C=O) groups is 2. The maximum atomic E-state index is 13.5. The molecule has 2 aromatic heterocycles. The predicted molar refractivity (Wildman–Crippen MR) is 98.3 cm³/mol. The van der Waals surface area contributed by atoms with Crippen molar-refractivity contribution in [2.45, 2.75) is 45.3 Å². The van der Waals surface area contributed by atoms with Crippen molar-refractivity contribution in [2.24, 2.45) is 0 Å². The third kappa shape index (κ3) is 3.12. The molecular formula is C18H21N5O2S. The summed E-state index contributed by atoms with van der Waals surface area (Å²) in [6.45, 7) is 4.25. The minimum atomic E-state index is -0.550. The highest BCUT2D eigenvalue weighted by Gasteiger charge is 2.40. The molecule has 3 N–H and O–H groups in total. The number of hydrogen-bond donors (Lipinski definition) is 3. The van der Waals surface area contributed by atoms with E-state index >= 15 is 0 Å². The number of rotatable bonds is 5. The number of allylic oxidation sites excluding steroid dienone is 1. The van der Waals surface area contributed by atoms with Crippen LogP contribution in [0.4, 0.5) is 4.79 Å². The monoisotopic (exact) mass is 371 g/mol. The van der Waals surface area contributed by atoms with Crippen molar-refractivity contribution in [3.05, 3.63) is 51.4 Å². The van der Waals surface area contributed by atoms with Gasteiger partial charge in [0, 0.05) is 24.0 Å². The van der Waals surface area contributed by atoms with E-state index in [9.17, 15) is 9.59 Å². The molecule has 136 valence electrons. The molecule has 0 saturated heterocycles. The molecule has 1 atom stereocenters. The first kappa shape index (κ1) is 16.8. The van der Waals surface area contributed by atoms with E-state index in [1.807, 2.05) is 23.3 Å². The maximum Gasteiger partial charge on any atom is 0.319 e. The maximum absolute atomic E-state index is 13.5. The van der Waals surface area contributed by atoms with Gasteiger partial charge in [0.1, 0.15) is 6.04 Å². The number of H-pyrrole nitrogens is 1. The zero-order chi connectivity index (χ0) is 18.3. The lowest BCUT2D eigenvalue weighted by Crippen LogP contribution is -2.48. The van der Waals surface area contributed by atoms with Crippen molar-refractivity contribution >= 4 is 23.3 Å². The van der Waals surface area contributed by atoms with Gasteiger partial charge in [0.15, 0.2) is 0 Å². The summed E-state index contributed by atoms with van der Waals surface area (Å²) in [5.74, 6) is -0.0453. The van der Waals surface area contributed by atoms with E-state index in [4.69, 9.17) is 0 Å². The van der Waals surface area contributed by atoms with Crippen molar-refractivity contribution in [1.29, 1.82) is 0 Å². The van der Waals surface area contributed by atoms with Crippen molar-refractivity contribution in [1.82, 2.24) is 25.5 Å². The van der Waals surface area contributed by atoms with Gasteiger partial charge in [0.2, 0.25) is 0 Å². The molecule has 0 radical (unpaired) electrons. The van der Waals surface area contributed by atoms with Crippen LogP contribution in [0.15, 0.2) is 34.4 Å². The number of aryl methyl sites for hydroxylation is 1. The summed E-state index contributed by atoms with van der Waals surface area (Å²) in [5, 5.41) is 9.69. The molecule has 0 unspecified atom stereocenters. The molecule has 1 aliphatic heterocycles. The summed E-state index contributed by atoms with van der Waals surface area (Å²) in [6.07, 6.45) is 3.63. The first-order valence-electron chi connectivity index (χ1n) is 8.64. The van der Waals surface area contributed by atoms with Gasteiger partial charge in [-0.1, -0.05) is 0 Å². The minimum absolute atomic E-state index is 0.0453. The average Bonchev–Trinajstić information content (AvgIpc) is 3.12. The molecule has 0 spiro atoms. The van der Waals surface area contributed by atoms with Gasteiger partial charge in [-0.25, -0.2) is 9.78 Å². The van der Waals surface area contributed by atoms with E-state index in [0.717, 1.165) is 24.1 Å². The lowest BCUT2D eigenvalue weighted by atomic mass is 9.97. The smallest absolute Gasteiger partial charge is 0.319 e. The standard InChI is InChI=1S/C18H21N5O2S/c1-10-14(16(22-18(25)21-10)15-11(2)19-9-20-15)17(24)23(13-3-4-13)7-12-5-6-26-8-12/h5-6,8-9,13,16H,3-4,7H2,1-2H3,(H,19,20)(H2,21,22,25)/t16-/m1/s1. The first-order chi connectivity index (χ1) is 12.5. The van der Waals surface area contributed by atoms with Gasteiger partial charge >= 0.3 is 6.03 Å². The molecule has 2 aromatic rings. The molecule has 3 amide bonds. The summed E-state index contributed by atoms with van der Waals surface area (Å²) >= 11 is 1.63. The average molecular weight is 371 g/mol. The largest absolute Gasteiger partial charge is 0.348 e. The Morgan fingerprint density at radius 2 is 2.19 bits per heavy atom. The van der Waals surface area contributed by atoms with Gasteiger partial charge in [-0.15, -0.1) is 0 Å². The molecule has 2 aliphatic rings. The topological polar surface area (TPSA) is 90.1 Å². The Kier molecular flexibility index (Phi) is 4.28. The molecule has 7 nitrogen and oxygen atoms in total. The van der Waals surface area contributed by atoms with Gasteiger partial charge in [-0.2, -0.15) is 11.3 Å². The van der Waals surface area contributed by atoms with E-state index in [1.54, 1.807) is 24.6 Å². The SMILES string of the molecule is CC1=C(C(=O)N(Cc2ccsc2)C2CC2)[C@H](c2nc[nH]c2C)NC(=O)N1. The van der Waals surface area contributed by atoms with E-state index in [1.165, 1.54) is 0 Å². The molecule has 1 saturated carbocycles. The Morgan fingerprint density at radius 1 is 1.38 bits per heavy atom. The van der Waals surface area contributed by atoms with Crippen LogP contribution >= 0.6 is 11.3 Å². The number of nitrogens with one attached hydrogen (secondary N) is 3. The minimum Gasteiger partial charge on any atom is -0.348 e. The zero-order valence-electron chi connectivity index (χ0n) is 14.7. The summed E-state index contributed by atoms with van der Waals surface area (Å²) in [6, 6.07) is 1.44. The lowest BCUT2D eigenvalue weighted by Gasteiger charge is -2.32. The molecule has 3 heterocycles. The number of aromatic amines is 1. The fraction of sp³-hybridized carbons (Fsp3) is 0.389. The highest BCUT2D eigenvalue weighted by Crippen LogP contribution is 2.34. The first-order valence-corrected chi connectivity index (χ1v) is 9.59. The molecule has 8 heteroatoms. The quantitative estimate of drug-likeness (QED) is 0.755. The molecule has 1 fully saturated rings. The number of thiophene rings is 1. The van der Waals surface area contributed by atoms with Gasteiger partial charge in [0.05, 0.1) is 17.6 Å². The van der Waals surface area contributed by atoms with Crippen LogP contribution in [0.3, 0.4) is 0 Å². The molecule has 0 aromatic carbocycles. The van der Waals surface area contributed by atoms with Gasteiger partial charge in [0.25, 0.3) is 5.91 Å². The second kappa shape index (κ2) is 6.60. The van der Waals surface area contributed by atoms with E-state index in [0.29, 0.717) is 23.5 Å². The van der Waals surface area contributed by atoms with Crippen LogP contribution in [-0.4, -0.2) is 32.8 Å². The van der Waals surface area contributed by atoms with Crippen molar-refractivity contribution in [2.75, 3.05) is 0 Å². The second-order valence-electron chi connectivity index (χ2n) is 6.78. The zero-order valence-corrected chi connectivity index (χ0v) is 15.5. The van der Waals surface area contributed by atoms with Crippen LogP contribution in [0.1, 0.15) is 42.8 Å². The van der Waals surface area contributed by atoms with Crippen molar-refractivity contribution in [3.63, 3.8) is 0 Å². The highest BCUT2D eigenvalue weighted by atomic mass is 32.1. The lowest BCUT2D eigenvalue weighted by molar-refractivity contribution is -0.128. The van der Waals surface area contributed by atoms with Crippen molar-refractivity contribution < 1.29 is 9.59 Å². The highest BCUT2D eigenvalue weighted by molar-refractivity contribution is 7.07. The Bertz CT molecular complexity index is 866. The third-order valence-electron chi connectivity index (χ3n) is 4.82. The number of nitrogens with zero attached hydrogens (tertiary/aromatic N) is 2. The summed E-state index contributed by atoms with van der Waals surface area (Å²) in [7, 11) is 0. The van der Waals surface area contributed by atoms with E-state index in [2.05, 4.69) is 26.0 Å². The summed E-state index contributed by atoms with van der Waals surface area (Å²) in [5.41, 5.74) is 3.79. The van der Waals surface area contributed by atoms with Crippen LogP contribution in [0.2, 0.25) is 0 Å². The van der Waals surface area contributed by atoms with Gasteiger partial charge in [-0.3, -0.25) is 4.79 Å². The predicted octanol–water partition coefficient (Wildman–Crippen LogP) is 2.60. The summed E-state index contributed by atoms with van der Waals surface area (Å²) < 4.78 is 0.